The van der Waals surface area contributed by atoms with Crippen molar-refractivity contribution in [1.82, 2.24) is 9.78 Å². The van der Waals surface area contributed by atoms with E-state index in [1.807, 2.05) is 30.1 Å². The minimum Gasteiger partial charge on any atom is -0.385 e. The van der Waals surface area contributed by atoms with Crippen LogP contribution < -0.4 is 0 Å². The van der Waals surface area contributed by atoms with Gasteiger partial charge in [-0.1, -0.05) is 12.1 Å². The SMILES string of the molecule is Cn1ncc2ccc(C3(O)CC4CCC(C3)O4)cc21. The standard InChI is InChI=1S/C15H18N2O2/c1-17-14-6-11(3-2-10(14)9-16-17)15(18)7-12-4-5-13(8-15)19-12/h2-3,6,9,12-13,18H,4-5,7-8H2,1H3. The highest BCUT2D eigenvalue weighted by Crippen LogP contribution is 2.44. The van der Waals surface area contributed by atoms with Gasteiger partial charge < -0.3 is 9.84 Å². The Morgan fingerprint density at radius 1 is 1.32 bits per heavy atom. The zero-order valence-electron chi connectivity index (χ0n) is 11.0. The van der Waals surface area contributed by atoms with E-state index < -0.39 is 5.60 Å². The molecule has 3 heterocycles. The zero-order chi connectivity index (χ0) is 13.0. The van der Waals surface area contributed by atoms with Gasteiger partial charge in [0.15, 0.2) is 0 Å². The van der Waals surface area contributed by atoms with Crippen LogP contribution in [0.5, 0.6) is 0 Å². The van der Waals surface area contributed by atoms with Crippen molar-refractivity contribution in [2.75, 3.05) is 0 Å². The second-order valence-corrected chi connectivity index (χ2v) is 5.94. The summed E-state index contributed by atoms with van der Waals surface area (Å²) in [5, 5.41) is 16.4. The lowest BCUT2D eigenvalue weighted by Gasteiger charge is -2.36. The van der Waals surface area contributed by atoms with Crippen LogP contribution in [0.1, 0.15) is 31.2 Å². The van der Waals surface area contributed by atoms with Gasteiger partial charge in [0, 0.05) is 25.3 Å². The normalized spacial score (nSPS) is 34.0. The van der Waals surface area contributed by atoms with Crippen LogP contribution in [0, 0.1) is 0 Å². The van der Waals surface area contributed by atoms with Gasteiger partial charge in [-0.3, -0.25) is 4.68 Å². The third-order valence-electron chi connectivity index (χ3n) is 4.61. The molecule has 2 aromatic rings. The molecule has 0 amide bonds. The molecule has 19 heavy (non-hydrogen) atoms. The number of fused-ring (bicyclic) bond motifs is 3. The minimum absolute atomic E-state index is 0.228. The molecule has 4 rings (SSSR count). The number of nitrogens with zero attached hydrogens (tertiary/aromatic N) is 2. The average Bonchev–Trinajstić information content (AvgIpc) is 2.93. The van der Waals surface area contributed by atoms with Gasteiger partial charge >= 0.3 is 0 Å². The molecule has 0 radical (unpaired) electrons. The van der Waals surface area contributed by atoms with Crippen molar-refractivity contribution in [2.45, 2.75) is 43.5 Å². The van der Waals surface area contributed by atoms with E-state index in [-0.39, 0.29) is 12.2 Å². The van der Waals surface area contributed by atoms with Crippen LogP contribution in [0.25, 0.3) is 10.9 Å². The van der Waals surface area contributed by atoms with Crippen molar-refractivity contribution in [3.8, 4) is 0 Å². The number of aryl methyl sites for hydroxylation is 1. The Bertz CT molecular complexity index is 622. The molecule has 1 aromatic heterocycles. The summed E-state index contributed by atoms with van der Waals surface area (Å²) in [6.07, 6.45) is 5.91. The fourth-order valence-electron chi connectivity index (χ4n) is 3.59. The molecule has 0 aliphatic carbocycles. The Kier molecular flexibility index (Phi) is 2.29. The summed E-state index contributed by atoms with van der Waals surface area (Å²) in [7, 11) is 1.93. The second-order valence-electron chi connectivity index (χ2n) is 5.94. The number of aliphatic hydroxyl groups is 1. The average molecular weight is 258 g/mol. The summed E-state index contributed by atoms with van der Waals surface area (Å²) in [5.74, 6) is 0. The summed E-state index contributed by atoms with van der Waals surface area (Å²) in [4.78, 5) is 0. The van der Waals surface area contributed by atoms with Crippen molar-refractivity contribution in [3.05, 3.63) is 30.0 Å². The Labute approximate surface area is 112 Å². The summed E-state index contributed by atoms with van der Waals surface area (Å²) >= 11 is 0. The first-order valence-corrected chi connectivity index (χ1v) is 6.94. The van der Waals surface area contributed by atoms with Crippen LogP contribution in [0.2, 0.25) is 0 Å². The van der Waals surface area contributed by atoms with E-state index in [4.69, 9.17) is 4.74 Å². The Hall–Kier alpha value is -1.39. The van der Waals surface area contributed by atoms with Gasteiger partial charge in [-0.25, -0.2) is 0 Å². The van der Waals surface area contributed by atoms with Gasteiger partial charge in [0.2, 0.25) is 0 Å². The van der Waals surface area contributed by atoms with Crippen LogP contribution in [0.4, 0.5) is 0 Å². The van der Waals surface area contributed by atoms with Crippen LogP contribution >= 0.6 is 0 Å². The van der Waals surface area contributed by atoms with Crippen molar-refractivity contribution >= 4 is 10.9 Å². The molecule has 2 bridgehead atoms. The van der Waals surface area contributed by atoms with Crippen LogP contribution in [0.15, 0.2) is 24.4 Å². The van der Waals surface area contributed by atoms with E-state index in [2.05, 4.69) is 11.2 Å². The number of hydrogen-bond acceptors (Lipinski definition) is 3. The van der Waals surface area contributed by atoms with Crippen molar-refractivity contribution in [3.63, 3.8) is 0 Å². The van der Waals surface area contributed by atoms with Gasteiger partial charge in [-0.05, 0) is 24.5 Å². The molecule has 2 atom stereocenters. The largest absolute Gasteiger partial charge is 0.385 e. The molecular weight excluding hydrogens is 240 g/mol. The maximum Gasteiger partial charge on any atom is 0.0946 e. The molecule has 2 fully saturated rings. The first-order valence-electron chi connectivity index (χ1n) is 6.94. The molecule has 4 heteroatoms. The fraction of sp³-hybridized carbons (Fsp3) is 0.533. The number of rotatable bonds is 1. The van der Waals surface area contributed by atoms with Gasteiger partial charge in [-0.15, -0.1) is 0 Å². The molecule has 2 aliphatic rings. The molecule has 1 N–H and O–H groups in total. The Morgan fingerprint density at radius 2 is 2.05 bits per heavy atom. The van der Waals surface area contributed by atoms with E-state index in [0.29, 0.717) is 12.8 Å². The number of aromatic nitrogens is 2. The molecule has 0 saturated carbocycles. The van der Waals surface area contributed by atoms with Crippen LogP contribution in [-0.2, 0) is 17.4 Å². The third kappa shape index (κ3) is 1.70. The lowest BCUT2D eigenvalue weighted by molar-refractivity contribution is -0.115. The quantitative estimate of drug-likeness (QED) is 0.852. The number of hydrogen-bond donors (Lipinski definition) is 1. The highest BCUT2D eigenvalue weighted by Gasteiger charge is 2.44. The van der Waals surface area contributed by atoms with Gasteiger partial charge in [0.25, 0.3) is 0 Å². The van der Waals surface area contributed by atoms with Crippen LogP contribution in [-0.4, -0.2) is 27.1 Å². The van der Waals surface area contributed by atoms with Gasteiger partial charge in [-0.2, -0.15) is 5.10 Å². The maximum absolute atomic E-state index is 11.0. The molecule has 2 aliphatic heterocycles. The summed E-state index contributed by atoms with van der Waals surface area (Å²) in [6, 6.07) is 6.16. The second kappa shape index (κ2) is 3.81. The monoisotopic (exact) mass is 258 g/mol. The predicted octanol–water partition coefficient (Wildman–Crippen LogP) is 2.10. The summed E-state index contributed by atoms with van der Waals surface area (Å²) < 4.78 is 7.69. The summed E-state index contributed by atoms with van der Waals surface area (Å²) in [6.45, 7) is 0. The Morgan fingerprint density at radius 3 is 2.79 bits per heavy atom. The fourth-order valence-corrected chi connectivity index (χ4v) is 3.59. The zero-order valence-corrected chi connectivity index (χ0v) is 11.0. The maximum atomic E-state index is 11.0. The van der Waals surface area contributed by atoms with Gasteiger partial charge in [0.05, 0.1) is 29.5 Å². The predicted molar refractivity (Wildman–Crippen MR) is 71.7 cm³/mol. The molecule has 1 aromatic carbocycles. The molecular formula is C15H18N2O2. The molecule has 2 unspecified atom stereocenters. The van der Waals surface area contributed by atoms with E-state index >= 15 is 0 Å². The van der Waals surface area contributed by atoms with E-state index in [1.54, 1.807) is 0 Å². The van der Waals surface area contributed by atoms with Crippen LogP contribution in [0.3, 0.4) is 0 Å². The smallest absolute Gasteiger partial charge is 0.0946 e. The van der Waals surface area contributed by atoms with Gasteiger partial charge in [0.1, 0.15) is 0 Å². The highest BCUT2D eigenvalue weighted by molar-refractivity contribution is 5.79. The van der Waals surface area contributed by atoms with Crippen molar-refractivity contribution in [2.24, 2.45) is 7.05 Å². The highest BCUT2D eigenvalue weighted by atomic mass is 16.5. The van der Waals surface area contributed by atoms with Crippen molar-refractivity contribution < 1.29 is 9.84 Å². The van der Waals surface area contributed by atoms with Crippen molar-refractivity contribution in [1.29, 1.82) is 0 Å². The van der Waals surface area contributed by atoms with E-state index in [0.717, 1.165) is 29.3 Å². The molecule has 100 valence electrons. The lowest BCUT2D eigenvalue weighted by atomic mass is 9.83. The molecule has 4 nitrogen and oxygen atoms in total. The summed E-state index contributed by atoms with van der Waals surface area (Å²) in [5.41, 5.74) is 1.34. The lowest BCUT2D eigenvalue weighted by Crippen LogP contribution is -2.38. The topological polar surface area (TPSA) is 47.3 Å². The first-order chi connectivity index (χ1) is 9.14. The number of benzene rings is 1. The first kappa shape index (κ1) is 11.4. The Balaban J connectivity index is 1.78. The van der Waals surface area contributed by atoms with E-state index in [1.165, 1.54) is 0 Å². The number of ether oxygens (including phenoxy) is 1. The third-order valence-corrected chi connectivity index (χ3v) is 4.61. The molecule has 0 spiro atoms. The van der Waals surface area contributed by atoms with E-state index in [9.17, 15) is 5.11 Å². The minimum atomic E-state index is -0.734. The molecule has 2 saturated heterocycles.